The Hall–Kier alpha value is -4.85. The van der Waals surface area contributed by atoms with Gasteiger partial charge in [0.2, 0.25) is 5.91 Å². The summed E-state index contributed by atoms with van der Waals surface area (Å²) in [6.07, 6.45) is -0.0520. The molecular formula is C38H45N3O5. The molecule has 242 valence electrons. The Morgan fingerprint density at radius 1 is 0.891 bits per heavy atom. The van der Waals surface area contributed by atoms with Gasteiger partial charge in [0.1, 0.15) is 23.4 Å². The summed E-state index contributed by atoms with van der Waals surface area (Å²) in [6, 6.07) is 23.4. The normalized spacial score (nSPS) is 13.4. The van der Waals surface area contributed by atoms with Crippen molar-refractivity contribution in [3.8, 4) is 5.75 Å². The number of rotatable bonds is 10. The number of benzene rings is 4. The predicted octanol–water partition coefficient (Wildman–Crippen LogP) is 7.61. The Morgan fingerprint density at radius 3 is 2.22 bits per heavy atom. The van der Waals surface area contributed by atoms with Gasteiger partial charge in [0.05, 0.1) is 0 Å². The molecule has 0 aromatic heterocycles. The average molecular weight is 624 g/mol. The first kappa shape index (κ1) is 34.0. The van der Waals surface area contributed by atoms with Crippen LogP contribution in [0.15, 0.2) is 84.9 Å². The molecule has 0 aliphatic carbocycles. The van der Waals surface area contributed by atoms with Crippen molar-refractivity contribution in [2.24, 2.45) is 0 Å². The first-order chi connectivity index (χ1) is 21.8. The maximum absolute atomic E-state index is 14.8. The van der Waals surface area contributed by atoms with Crippen molar-refractivity contribution in [3.63, 3.8) is 0 Å². The summed E-state index contributed by atoms with van der Waals surface area (Å²) in [5.41, 5.74) is 3.14. The average Bonchev–Trinajstić information content (AvgIpc) is 3.00. The van der Waals surface area contributed by atoms with Gasteiger partial charge in [-0.25, -0.2) is 4.79 Å². The SMILES string of the molecule is CCC(C)N(C(=O)C(Cc1ccc(O)cc1)NC(=O)OC(C)(C)C)C(C(=O)Nc1ccc2ccccc2c1)c1cccc(C)c1C. The molecule has 4 rings (SSSR count). The molecule has 3 unspecified atom stereocenters. The number of amides is 3. The van der Waals surface area contributed by atoms with E-state index in [0.29, 0.717) is 17.7 Å². The second-order valence-corrected chi connectivity index (χ2v) is 12.8. The summed E-state index contributed by atoms with van der Waals surface area (Å²) in [4.78, 5) is 43.9. The van der Waals surface area contributed by atoms with Gasteiger partial charge in [-0.1, -0.05) is 67.6 Å². The molecule has 0 radical (unpaired) electrons. The van der Waals surface area contributed by atoms with Gasteiger partial charge in [0.15, 0.2) is 0 Å². The van der Waals surface area contributed by atoms with Crippen molar-refractivity contribution in [3.05, 3.63) is 107 Å². The van der Waals surface area contributed by atoms with Crippen molar-refractivity contribution >= 4 is 34.4 Å². The van der Waals surface area contributed by atoms with Crippen LogP contribution in [0.5, 0.6) is 5.75 Å². The number of alkyl carbamates (subject to hydrolysis) is 1. The van der Waals surface area contributed by atoms with Crippen LogP contribution in [0.2, 0.25) is 0 Å². The van der Waals surface area contributed by atoms with Crippen molar-refractivity contribution in [1.82, 2.24) is 10.2 Å². The number of phenolic OH excluding ortho intramolecular Hbond substituents is 1. The van der Waals surface area contributed by atoms with E-state index in [4.69, 9.17) is 4.74 Å². The van der Waals surface area contributed by atoms with Crippen molar-refractivity contribution in [2.45, 2.75) is 85.0 Å². The van der Waals surface area contributed by atoms with E-state index in [1.54, 1.807) is 37.8 Å². The number of hydrogen-bond acceptors (Lipinski definition) is 5. The zero-order valence-electron chi connectivity index (χ0n) is 27.8. The van der Waals surface area contributed by atoms with Crippen LogP contribution < -0.4 is 10.6 Å². The molecule has 0 saturated heterocycles. The molecule has 3 amide bonds. The summed E-state index contributed by atoms with van der Waals surface area (Å²) in [5.74, 6) is -0.695. The van der Waals surface area contributed by atoms with Gasteiger partial charge in [0, 0.05) is 18.2 Å². The molecule has 3 N–H and O–H groups in total. The molecule has 8 nitrogen and oxygen atoms in total. The highest BCUT2D eigenvalue weighted by Gasteiger charge is 2.39. The second kappa shape index (κ2) is 14.5. The number of ether oxygens (including phenoxy) is 1. The lowest BCUT2D eigenvalue weighted by Gasteiger charge is -2.39. The molecule has 8 heteroatoms. The van der Waals surface area contributed by atoms with Crippen LogP contribution in [0, 0.1) is 13.8 Å². The molecule has 4 aromatic rings. The zero-order valence-corrected chi connectivity index (χ0v) is 27.8. The van der Waals surface area contributed by atoms with E-state index >= 15 is 0 Å². The van der Waals surface area contributed by atoms with Crippen LogP contribution >= 0.6 is 0 Å². The van der Waals surface area contributed by atoms with Gasteiger partial charge in [0.25, 0.3) is 5.91 Å². The molecule has 46 heavy (non-hydrogen) atoms. The van der Waals surface area contributed by atoms with Gasteiger partial charge in [-0.3, -0.25) is 9.59 Å². The standard InChI is InChI=1S/C38H45N3O5/c1-8-25(3)41(36(44)33(40-37(45)46-38(5,6)7)22-27-16-20-31(42)21-17-27)34(32-15-11-12-24(2)26(32)4)35(43)39-30-19-18-28-13-9-10-14-29(28)23-30/h9-21,23,25,33-34,42H,8,22H2,1-7H3,(H,39,43)(H,40,45). The van der Waals surface area contributed by atoms with E-state index in [2.05, 4.69) is 10.6 Å². The minimum absolute atomic E-state index is 0.0910. The van der Waals surface area contributed by atoms with Gasteiger partial charge < -0.3 is 25.4 Å². The lowest BCUT2D eigenvalue weighted by molar-refractivity contribution is -0.143. The van der Waals surface area contributed by atoms with Crippen LogP contribution in [-0.2, 0) is 20.7 Å². The van der Waals surface area contributed by atoms with Crippen LogP contribution in [0.3, 0.4) is 0 Å². The first-order valence-corrected chi connectivity index (χ1v) is 15.7. The molecule has 0 fully saturated rings. The Labute approximate surface area is 271 Å². The number of phenols is 1. The fourth-order valence-electron chi connectivity index (χ4n) is 5.46. The lowest BCUT2D eigenvalue weighted by Crippen LogP contribution is -2.55. The van der Waals surface area contributed by atoms with Crippen molar-refractivity contribution < 1.29 is 24.2 Å². The molecular weight excluding hydrogens is 578 g/mol. The molecule has 3 atom stereocenters. The smallest absolute Gasteiger partial charge is 0.408 e. The third-order valence-electron chi connectivity index (χ3n) is 8.17. The van der Waals surface area contributed by atoms with E-state index in [-0.39, 0.29) is 24.1 Å². The third-order valence-corrected chi connectivity index (χ3v) is 8.17. The Bertz CT molecular complexity index is 1690. The van der Waals surface area contributed by atoms with Crippen molar-refractivity contribution in [2.75, 3.05) is 5.32 Å². The number of carbonyl (C=O) groups is 3. The molecule has 4 aromatic carbocycles. The first-order valence-electron chi connectivity index (χ1n) is 15.7. The Balaban J connectivity index is 1.80. The summed E-state index contributed by atoms with van der Waals surface area (Å²) in [7, 11) is 0. The lowest BCUT2D eigenvalue weighted by atomic mass is 9.93. The van der Waals surface area contributed by atoms with Gasteiger partial charge in [-0.2, -0.15) is 0 Å². The largest absolute Gasteiger partial charge is 0.508 e. The number of hydrogen-bond donors (Lipinski definition) is 3. The topological polar surface area (TPSA) is 108 Å². The predicted molar refractivity (Wildman–Crippen MR) is 183 cm³/mol. The molecule has 0 saturated carbocycles. The fraction of sp³-hybridized carbons (Fsp3) is 0.342. The number of aryl methyl sites for hydroxylation is 1. The van der Waals surface area contributed by atoms with Crippen LogP contribution in [-0.4, -0.2) is 45.6 Å². The number of fused-ring (bicyclic) bond motifs is 1. The van der Waals surface area contributed by atoms with E-state index < -0.39 is 29.7 Å². The molecule has 0 heterocycles. The maximum atomic E-state index is 14.8. The van der Waals surface area contributed by atoms with Crippen LogP contribution in [0.1, 0.15) is 69.3 Å². The second-order valence-electron chi connectivity index (χ2n) is 12.8. The van der Waals surface area contributed by atoms with Gasteiger partial charge >= 0.3 is 6.09 Å². The van der Waals surface area contributed by atoms with Crippen molar-refractivity contribution in [1.29, 1.82) is 0 Å². The zero-order chi connectivity index (χ0) is 33.6. The minimum atomic E-state index is -1.06. The summed E-state index contributed by atoms with van der Waals surface area (Å²) >= 11 is 0. The maximum Gasteiger partial charge on any atom is 0.408 e. The number of nitrogens with zero attached hydrogens (tertiary/aromatic N) is 1. The molecule has 0 spiro atoms. The highest BCUT2D eigenvalue weighted by atomic mass is 16.6. The van der Waals surface area contributed by atoms with E-state index in [1.165, 1.54) is 12.1 Å². The molecule has 0 aliphatic rings. The van der Waals surface area contributed by atoms with Crippen LogP contribution in [0.25, 0.3) is 10.8 Å². The molecule has 0 bridgehead atoms. The van der Waals surface area contributed by atoms with E-state index in [9.17, 15) is 19.5 Å². The monoisotopic (exact) mass is 623 g/mol. The van der Waals surface area contributed by atoms with E-state index in [1.807, 2.05) is 88.4 Å². The highest BCUT2D eigenvalue weighted by molar-refractivity contribution is 6.00. The fourth-order valence-corrected chi connectivity index (χ4v) is 5.46. The van der Waals surface area contributed by atoms with E-state index in [0.717, 1.165) is 27.5 Å². The molecule has 0 aliphatic heterocycles. The van der Waals surface area contributed by atoms with Gasteiger partial charge in [-0.15, -0.1) is 0 Å². The number of anilines is 1. The Morgan fingerprint density at radius 2 is 1.57 bits per heavy atom. The summed E-state index contributed by atoms with van der Waals surface area (Å²) in [6.45, 7) is 13.1. The number of carbonyl (C=O) groups excluding carboxylic acids is 3. The van der Waals surface area contributed by atoms with Crippen LogP contribution in [0.4, 0.5) is 10.5 Å². The Kier molecular flexibility index (Phi) is 10.7. The number of aromatic hydroxyl groups is 1. The van der Waals surface area contributed by atoms with Gasteiger partial charge in [-0.05, 0) is 105 Å². The summed E-state index contributed by atoms with van der Waals surface area (Å²) < 4.78 is 5.54. The summed E-state index contributed by atoms with van der Waals surface area (Å²) in [5, 5.41) is 17.8. The highest BCUT2D eigenvalue weighted by Crippen LogP contribution is 2.32. The number of nitrogens with one attached hydrogen (secondary N) is 2. The third kappa shape index (κ3) is 8.44. The quantitative estimate of drug-likeness (QED) is 0.169. The minimum Gasteiger partial charge on any atom is -0.508 e.